The Bertz CT molecular complexity index is 1420. The van der Waals surface area contributed by atoms with Gasteiger partial charge in [-0.2, -0.15) is 4.37 Å². The van der Waals surface area contributed by atoms with Crippen molar-refractivity contribution in [1.29, 1.82) is 0 Å². The molecule has 0 spiro atoms. The van der Waals surface area contributed by atoms with E-state index in [9.17, 15) is 4.79 Å². The zero-order chi connectivity index (χ0) is 29.9. The van der Waals surface area contributed by atoms with Gasteiger partial charge in [0.25, 0.3) is 5.91 Å². The lowest BCUT2D eigenvalue weighted by Crippen LogP contribution is -2.52. The third-order valence-electron chi connectivity index (χ3n) is 8.87. The van der Waals surface area contributed by atoms with Gasteiger partial charge in [-0.15, -0.1) is 0 Å². The number of anilines is 4. The fraction of sp³-hybridized carbons (Fsp3) is 0.548. The fourth-order valence-electron chi connectivity index (χ4n) is 6.36. The fourth-order valence-corrected chi connectivity index (χ4v) is 7.11. The second kappa shape index (κ2) is 13.1. The molecule has 0 aliphatic carbocycles. The molecule has 11 nitrogen and oxygen atoms in total. The van der Waals surface area contributed by atoms with Crippen LogP contribution in [0.1, 0.15) is 47.4 Å². The summed E-state index contributed by atoms with van der Waals surface area (Å²) < 4.78 is 9.96. The van der Waals surface area contributed by atoms with Crippen LogP contribution in [0.4, 0.5) is 23.0 Å². The van der Waals surface area contributed by atoms with Crippen LogP contribution >= 0.6 is 11.5 Å². The third kappa shape index (κ3) is 6.93. The molecule has 4 N–H and O–H groups in total. The zero-order valence-corrected chi connectivity index (χ0v) is 26.3. The summed E-state index contributed by atoms with van der Waals surface area (Å²) in [7, 11) is 2.21. The van der Waals surface area contributed by atoms with E-state index in [0.29, 0.717) is 36.6 Å². The van der Waals surface area contributed by atoms with Crippen molar-refractivity contribution in [3.63, 3.8) is 0 Å². The number of carbonyl (C=O) groups excluding carboxylic acids is 1. The number of hydrogen-bond donors (Lipinski definition) is 3. The summed E-state index contributed by atoms with van der Waals surface area (Å²) in [6, 6.07) is 9.16. The monoisotopic (exact) mass is 605 g/mol. The molecule has 3 aliphatic heterocycles. The van der Waals surface area contributed by atoms with E-state index in [2.05, 4.69) is 55.8 Å². The van der Waals surface area contributed by atoms with Crippen LogP contribution in [-0.4, -0.2) is 102 Å². The molecule has 2 aromatic heterocycles. The molecule has 1 aromatic carbocycles. The topological polar surface area (TPSA) is 125 Å². The van der Waals surface area contributed by atoms with Crippen molar-refractivity contribution in [2.24, 2.45) is 5.73 Å². The molecule has 230 valence electrons. The number of aryl methyl sites for hydroxylation is 2. The molecule has 0 saturated carbocycles. The predicted octanol–water partition coefficient (Wildman–Crippen LogP) is 3.87. The van der Waals surface area contributed by atoms with Gasteiger partial charge in [-0.25, -0.2) is 9.97 Å². The SMILES string of the molecule is Cc1cc(-c2nc(C(N)=O)c(Nc3ccc(N4CCC(N5CCN(C)CC5)CC4)c(C)c3)nc2NC2CCOCC2)sn1. The molecule has 3 saturated heterocycles. The molecule has 0 atom stereocenters. The third-order valence-corrected chi connectivity index (χ3v) is 9.76. The van der Waals surface area contributed by atoms with Crippen molar-refractivity contribution in [2.75, 3.05) is 75.1 Å². The van der Waals surface area contributed by atoms with E-state index in [1.807, 2.05) is 19.1 Å². The van der Waals surface area contributed by atoms with Gasteiger partial charge in [0.15, 0.2) is 17.3 Å². The first kappa shape index (κ1) is 29.7. The van der Waals surface area contributed by atoms with Crippen molar-refractivity contribution in [3.8, 4) is 10.6 Å². The number of nitrogens with zero attached hydrogens (tertiary/aromatic N) is 6. The molecule has 12 heteroatoms. The molecule has 3 aromatic rings. The summed E-state index contributed by atoms with van der Waals surface area (Å²) in [5, 5.41) is 6.92. The number of nitrogens with two attached hydrogens (primary N) is 1. The summed E-state index contributed by atoms with van der Waals surface area (Å²) in [5.41, 5.74) is 10.7. The Morgan fingerprint density at radius 3 is 2.37 bits per heavy atom. The minimum absolute atomic E-state index is 0.103. The second-order valence-corrected chi connectivity index (χ2v) is 12.8. The van der Waals surface area contributed by atoms with Crippen molar-refractivity contribution < 1.29 is 9.53 Å². The van der Waals surface area contributed by atoms with E-state index in [0.717, 1.165) is 55.3 Å². The molecule has 43 heavy (non-hydrogen) atoms. The van der Waals surface area contributed by atoms with Crippen LogP contribution in [0.5, 0.6) is 0 Å². The van der Waals surface area contributed by atoms with Crippen LogP contribution in [0, 0.1) is 13.8 Å². The van der Waals surface area contributed by atoms with Gasteiger partial charge in [-0.05, 0) is 87.9 Å². The average Bonchev–Trinajstić information content (AvgIpc) is 3.44. The average molecular weight is 606 g/mol. The Labute approximate surface area is 258 Å². The van der Waals surface area contributed by atoms with Crippen molar-refractivity contribution >= 4 is 40.5 Å². The molecule has 5 heterocycles. The number of amides is 1. The van der Waals surface area contributed by atoms with Crippen molar-refractivity contribution in [3.05, 3.63) is 41.2 Å². The molecule has 0 radical (unpaired) electrons. The van der Waals surface area contributed by atoms with Crippen molar-refractivity contribution in [1.82, 2.24) is 24.1 Å². The zero-order valence-electron chi connectivity index (χ0n) is 25.4. The van der Waals surface area contributed by atoms with Crippen LogP contribution in [0.3, 0.4) is 0 Å². The van der Waals surface area contributed by atoms with Crippen molar-refractivity contribution in [2.45, 2.75) is 51.6 Å². The van der Waals surface area contributed by atoms with Gasteiger partial charge in [-0.3, -0.25) is 9.69 Å². The first-order chi connectivity index (χ1) is 20.8. The van der Waals surface area contributed by atoms with Crippen LogP contribution in [0.25, 0.3) is 10.6 Å². The first-order valence-electron chi connectivity index (χ1n) is 15.4. The Balaban J connectivity index is 1.21. The number of primary amides is 1. The highest BCUT2D eigenvalue weighted by Gasteiger charge is 2.28. The number of likely N-dealkylation sites (N-methyl/N-ethyl adjacent to an activating group) is 1. The maximum absolute atomic E-state index is 12.6. The molecular formula is C31H43N9O2S. The van der Waals surface area contributed by atoms with Crippen LogP contribution in [-0.2, 0) is 4.74 Å². The molecular weight excluding hydrogens is 562 g/mol. The highest BCUT2D eigenvalue weighted by Crippen LogP contribution is 2.34. The van der Waals surface area contributed by atoms with E-state index in [4.69, 9.17) is 20.4 Å². The highest BCUT2D eigenvalue weighted by molar-refractivity contribution is 7.09. The van der Waals surface area contributed by atoms with E-state index >= 15 is 0 Å². The first-order valence-corrected chi connectivity index (χ1v) is 16.2. The van der Waals surface area contributed by atoms with E-state index < -0.39 is 5.91 Å². The number of piperazine rings is 1. The maximum atomic E-state index is 12.6. The van der Waals surface area contributed by atoms with E-state index in [1.54, 1.807) is 0 Å². The van der Waals surface area contributed by atoms with Crippen LogP contribution in [0.15, 0.2) is 24.3 Å². The number of carbonyl (C=O) groups is 1. The van der Waals surface area contributed by atoms with Crippen LogP contribution in [0.2, 0.25) is 0 Å². The molecule has 3 fully saturated rings. The second-order valence-electron chi connectivity index (χ2n) is 12.0. The quantitative estimate of drug-likeness (QED) is 0.349. The highest BCUT2D eigenvalue weighted by atomic mass is 32.1. The van der Waals surface area contributed by atoms with E-state index in [1.165, 1.54) is 48.7 Å². The van der Waals surface area contributed by atoms with Gasteiger partial charge >= 0.3 is 0 Å². The largest absolute Gasteiger partial charge is 0.381 e. The normalized spacial score (nSPS) is 19.5. The number of piperidine rings is 1. The van der Waals surface area contributed by atoms with Gasteiger partial charge in [-0.1, -0.05) is 0 Å². The minimum atomic E-state index is -0.633. The van der Waals surface area contributed by atoms with Gasteiger partial charge in [0.2, 0.25) is 0 Å². The lowest BCUT2D eigenvalue weighted by molar-refractivity contribution is 0.0904. The Kier molecular flexibility index (Phi) is 9.08. The molecule has 6 rings (SSSR count). The number of benzene rings is 1. The summed E-state index contributed by atoms with van der Waals surface area (Å²) in [5.74, 6) is 0.318. The Morgan fingerprint density at radius 1 is 0.977 bits per heavy atom. The molecule has 3 aliphatic rings. The summed E-state index contributed by atoms with van der Waals surface area (Å²) in [4.78, 5) is 30.7. The number of ether oxygens (including phenoxy) is 1. The summed E-state index contributed by atoms with van der Waals surface area (Å²) in [6.07, 6.45) is 4.12. The molecule has 0 bridgehead atoms. The summed E-state index contributed by atoms with van der Waals surface area (Å²) >= 11 is 1.34. The number of hydrogen-bond acceptors (Lipinski definition) is 11. The van der Waals surface area contributed by atoms with Gasteiger partial charge in [0.1, 0.15) is 5.69 Å². The molecule has 0 unspecified atom stereocenters. The van der Waals surface area contributed by atoms with Gasteiger partial charge in [0, 0.05) is 75.9 Å². The molecule has 1 amide bonds. The van der Waals surface area contributed by atoms with Gasteiger partial charge < -0.3 is 30.9 Å². The van der Waals surface area contributed by atoms with Crippen LogP contribution < -0.4 is 21.3 Å². The number of rotatable bonds is 8. The minimum Gasteiger partial charge on any atom is -0.381 e. The lowest BCUT2D eigenvalue weighted by atomic mass is 10.0. The number of aromatic nitrogens is 3. The smallest absolute Gasteiger partial charge is 0.271 e. The Hall–Kier alpha value is -3.32. The predicted molar refractivity (Wildman–Crippen MR) is 173 cm³/mol. The lowest BCUT2D eigenvalue weighted by Gasteiger charge is -2.43. The summed E-state index contributed by atoms with van der Waals surface area (Å²) in [6.45, 7) is 12.3. The maximum Gasteiger partial charge on any atom is 0.271 e. The standard InChI is InChI=1S/C31H43N9O2S/c1-20-18-23(4-5-25(20)40-10-6-24(7-11-40)39-14-12-38(3)13-15-39)34-31-28(29(32)41)35-27(26-19-21(2)37-43-26)30(36-31)33-22-8-16-42-17-9-22/h4-5,18-19,22,24H,6-17H2,1-3H3,(H2,32,41)(H2,33,34,36). The number of nitrogens with one attached hydrogen (secondary N) is 2. The Morgan fingerprint density at radius 2 is 1.72 bits per heavy atom. The van der Waals surface area contributed by atoms with E-state index in [-0.39, 0.29) is 11.7 Å². The van der Waals surface area contributed by atoms with Gasteiger partial charge in [0.05, 0.1) is 10.6 Å².